The molecule has 0 heterocycles. The molecule has 0 aliphatic carbocycles. The Morgan fingerprint density at radius 3 is 2.62 bits per heavy atom. The highest BCUT2D eigenvalue weighted by molar-refractivity contribution is 9.10. The quantitative estimate of drug-likeness (QED) is 0.779. The Balaban J connectivity index is 2.48. The summed E-state index contributed by atoms with van der Waals surface area (Å²) in [6.45, 7) is 1.89. The number of carbonyl (C=O) groups excluding carboxylic acids is 1. The lowest BCUT2D eigenvalue weighted by atomic mass is 9.89. The van der Waals surface area contributed by atoms with E-state index in [1.807, 2.05) is 31.2 Å². The zero-order valence-electron chi connectivity index (χ0n) is 11.8. The summed E-state index contributed by atoms with van der Waals surface area (Å²) in [5.41, 5.74) is 2.07. The standard InChI is InChI=1S/C17H14BrNO2/c1-11-5-3-4-6-13(11)15(10-19)17(20)14-8-7-12(18)9-16(14)21-2/h3-9,15H,1-2H3. The molecule has 0 radical (unpaired) electrons. The number of ether oxygens (including phenoxy) is 1. The molecule has 1 atom stereocenters. The third-order valence-electron chi connectivity index (χ3n) is 3.32. The second-order valence-corrected chi connectivity index (χ2v) is 5.54. The molecule has 0 saturated heterocycles. The predicted octanol–water partition coefficient (Wildman–Crippen LogP) is 4.26. The fourth-order valence-corrected chi connectivity index (χ4v) is 2.54. The summed E-state index contributed by atoms with van der Waals surface area (Å²) in [7, 11) is 1.51. The average molecular weight is 344 g/mol. The van der Waals surface area contributed by atoms with Gasteiger partial charge in [-0.2, -0.15) is 5.26 Å². The van der Waals surface area contributed by atoms with E-state index in [1.165, 1.54) is 7.11 Å². The van der Waals surface area contributed by atoms with E-state index >= 15 is 0 Å². The van der Waals surface area contributed by atoms with E-state index in [1.54, 1.807) is 18.2 Å². The van der Waals surface area contributed by atoms with E-state index in [-0.39, 0.29) is 5.78 Å². The van der Waals surface area contributed by atoms with Gasteiger partial charge in [0.25, 0.3) is 0 Å². The first-order valence-corrected chi connectivity index (χ1v) is 7.20. The van der Waals surface area contributed by atoms with Gasteiger partial charge in [0.05, 0.1) is 18.7 Å². The van der Waals surface area contributed by atoms with Crippen molar-refractivity contribution in [1.82, 2.24) is 0 Å². The van der Waals surface area contributed by atoms with Gasteiger partial charge in [0.1, 0.15) is 11.7 Å². The van der Waals surface area contributed by atoms with Crippen LogP contribution in [0.4, 0.5) is 0 Å². The van der Waals surface area contributed by atoms with Crippen molar-refractivity contribution in [3.05, 3.63) is 63.6 Å². The lowest BCUT2D eigenvalue weighted by molar-refractivity contribution is 0.0975. The number of nitrogens with zero attached hydrogens (tertiary/aromatic N) is 1. The minimum Gasteiger partial charge on any atom is -0.496 e. The number of nitriles is 1. The van der Waals surface area contributed by atoms with E-state index < -0.39 is 5.92 Å². The number of hydrogen-bond acceptors (Lipinski definition) is 3. The molecule has 1 unspecified atom stereocenters. The summed E-state index contributed by atoms with van der Waals surface area (Å²) in [6, 6.07) is 14.7. The van der Waals surface area contributed by atoms with Gasteiger partial charge in [-0.15, -0.1) is 0 Å². The Labute approximate surface area is 132 Å². The largest absolute Gasteiger partial charge is 0.496 e. The molecule has 0 aliphatic rings. The molecule has 0 spiro atoms. The van der Waals surface area contributed by atoms with Gasteiger partial charge in [-0.05, 0) is 36.2 Å². The molecule has 0 amide bonds. The summed E-state index contributed by atoms with van der Waals surface area (Å²) in [5.74, 6) is -0.624. The van der Waals surface area contributed by atoms with Crippen LogP contribution in [0, 0.1) is 18.3 Å². The molecule has 21 heavy (non-hydrogen) atoms. The van der Waals surface area contributed by atoms with Crippen LogP contribution in [0.15, 0.2) is 46.9 Å². The van der Waals surface area contributed by atoms with Crippen molar-refractivity contribution >= 4 is 21.7 Å². The molecule has 3 nitrogen and oxygen atoms in total. The van der Waals surface area contributed by atoms with Crippen LogP contribution in [-0.2, 0) is 0 Å². The van der Waals surface area contributed by atoms with Crippen LogP contribution >= 0.6 is 15.9 Å². The molecule has 2 rings (SSSR count). The minimum atomic E-state index is -0.832. The third kappa shape index (κ3) is 3.14. The van der Waals surface area contributed by atoms with Gasteiger partial charge >= 0.3 is 0 Å². The number of aryl methyl sites for hydroxylation is 1. The zero-order valence-corrected chi connectivity index (χ0v) is 13.3. The topological polar surface area (TPSA) is 50.1 Å². The lowest BCUT2D eigenvalue weighted by Crippen LogP contribution is -2.13. The maximum Gasteiger partial charge on any atom is 0.188 e. The first-order valence-electron chi connectivity index (χ1n) is 6.41. The van der Waals surface area contributed by atoms with Crippen molar-refractivity contribution in [1.29, 1.82) is 5.26 Å². The number of rotatable bonds is 4. The van der Waals surface area contributed by atoms with E-state index in [0.717, 1.165) is 15.6 Å². The van der Waals surface area contributed by atoms with Gasteiger partial charge in [-0.1, -0.05) is 40.2 Å². The third-order valence-corrected chi connectivity index (χ3v) is 3.81. The number of benzene rings is 2. The van der Waals surface area contributed by atoms with Crippen LogP contribution in [0.3, 0.4) is 0 Å². The van der Waals surface area contributed by atoms with Gasteiger partial charge in [0.2, 0.25) is 0 Å². The molecule has 0 aliphatic heterocycles. The van der Waals surface area contributed by atoms with Crippen molar-refractivity contribution in [2.45, 2.75) is 12.8 Å². The van der Waals surface area contributed by atoms with E-state index in [4.69, 9.17) is 4.74 Å². The van der Waals surface area contributed by atoms with E-state index in [9.17, 15) is 10.1 Å². The first kappa shape index (κ1) is 15.3. The fraction of sp³-hybridized carbons (Fsp3) is 0.176. The van der Waals surface area contributed by atoms with E-state index in [2.05, 4.69) is 22.0 Å². The Bertz CT molecular complexity index is 719. The van der Waals surface area contributed by atoms with Gasteiger partial charge in [0.15, 0.2) is 5.78 Å². The average Bonchev–Trinajstić information content (AvgIpc) is 2.49. The number of hydrogen-bond donors (Lipinski definition) is 0. The highest BCUT2D eigenvalue weighted by Gasteiger charge is 2.25. The Hall–Kier alpha value is -2.12. The minimum absolute atomic E-state index is 0.254. The maximum atomic E-state index is 12.7. The van der Waals surface area contributed by atoms with Crippen LogP contribution in [0.1, 0.15) is 27.4 Å². The van der Waals surface area contributed by atoms with E-state index in [0.29, 0.717) is 11.3 Å². The number of halogens is 1. The highest BCUT2D eigenvalue weighted by atomic mass is 79.9. The van der Waals surface area contributed by atoms with Crippen molar-refractivity contribution in [3.8, 4) is 11.8 Å². The normalized spacial score (nSPS) is 11.5. The van der Waals surface area contributed by atoms with Crippen molar-refractivity contribution < 1.29 is 9.53 Å². The molecular weight excluding hydrogens is 330 g/mol. The second kappa shape index (κ2) is 6.55. The van der Waals surface area contributed by atoms with Gasteiger partial charge in [-0.25, -0.2) is 0 Å². The molecule has 2 aromatic rings. The predicted molar refractivity (Wildman–Crippen MR) is 84.6 cm³/mol. The molecule has 0 fully saturated rings. The van der Waals surface area contributed by atoms with Crippen molar-refractivity contribution in [2.24, 2.45) is 0 Å². The fourth-order valence-electron chi connectivity index (χ4n) is 2.20. The molecule has 106 valence electrons. The molecule has 0 bridgehead atoms. The summed E-state index contributed by atoms with van der Waals surface area (Å²) < 4.78 is 6.07. The summed E-state index contributed by atoms with van der Waals surface area (Å²) in [6.07, 6.45) is 0. The monoisotopic (exact) mass is 343 g/mol. The van der Waals surface area contributed by atoms with Crippen LogP contribution < -0.4 is 4.74 Å². The van der Waals surface area contributed by atoms with Gasteiger partial charge in [-0.3, -0.25) is 4.79 Å². The molecular formula is C17H14BrNO2. The molecule has 0 aromatic heterocycles. The first-order chi connectivity index (χ1) is 10.1. The summed E-state index contributed by atoms with van der Waals surface area (Å²) in [5, 5.41) is 9.43. The second-order valence-electron chi connectivity index (χ2n) is 4.63. The highest BCUT2D eigenvalue weighted by Crippen LogP contribution is 2.30. The molecule has 4 heteroatoms. The molecule has 0 N–H and O–H groups in total. The summed E-state index contributed by atoms with van der Waals surface area (Å²) >= 11 is 3.34. The Morgan fingerprint density at radius 2 is 2.00 bits per heavy atom. The maximum absolute atomic E-state index is 12.7. The van der Waals surface area contributed by atoms with Crippen LogP contribution in [0.2, 0.25) is 0 Å². The van der Waals surface area contributed by atoms with Crippen molar-refractivity contribution in [3.63, 3.8) is 0 Å². The van der Waals surface area contributed by atoms with Crippen molar-refractivity contribution in [2.75, 3.05) is 7.11 Å². The number of ketones is 1. The molecule has 2 aromatic carbocycles. The van der Waals surface area contributed by atoms with Crippen LogP contribution in [-0.4, -0.2) is 12.9 Å². The zero-order chi connectivity index (χ0) is 15.4. The van der Waals surface area contributed by atoms with Gasteiger partial charge in [0, 0.05) is 4.47 Å². The van der Waals surface area contributed by atoms with Crippen LogP contribution in [0.25, 0.3) is 0 Å². The van der Waals surface area contributed by atoms with Gasteiger partial charge < -0.3 is 4.74 Å². The number of methoxy groups -OCH3 is 1. The smallest absolute Gasteiger partial charge is 0.188 e. The lowest BCUT2D eigenvalue weighted by Gasteiger charge is -2.14. The number of Topliss-reactive ketones (excluding diaryl/α,β-unsaturated/α-hetero) is 1. The van der Waals surface area contributed by atoms with Crippen LogP contribution in [0.5, 0.6) is 5.75 Å². The Kier molecular flexibility index (Phi) is 4.77. The summed E-state index contributed by atoms with van der Waals surface area (Å²) in [4.78, 5) is 12.7. The molecule has 0 saturated carbocycles. The SMILES string of the molecule is COc1cc(Br)ccc1C(=O)C(C#N)c1ccccc1C. The number of carbonyl (C=O) groups is 1. The Morgan fingerprint density at radius 1 is 1.29 bits per heavy atom.